The predicted molar refractivity (Wildman–Crippen MR) is 129 cm³/mol. The number of benzene rings is 1. The van der Waals surface area contributed by atoms with Crippen molar-refractivity contribution in [3.63, 3.8) is 0 Å². The number of halogens is 4. The number of pyridine rings is 1. The molecule has 0 saturated carbocycles. The molecule has 5 rings (SSSR count). The lowest BCUT2D eigenvalue weighted by Crippen LogP contribution is -2.47. The summed E-state index contributed by atoms with van der Waals surface area (Å²) in [5, 5.41) is 0. The largest absolute Gasteiger partial charge is 0.433 e. The third-order valence-corrected chi connectivity index (χ3v) is 6.76. The van der Waals surface area contributed by atoms with Gasteiger partial charge in [0, 0.05) is 55.7 Å². The van der Waals surface area contributed by atoms with Crippen molar-refractivity contribution in [1.82, 2.24) is 24.3 Å². The summed E-state index contributed by atoms with van der Waals surface area (Å²) in [7, 11) is 0. The van der Waals surface area contributed by atoms with Gasteiger partial charge in [-0.05, 0) is 50.1 Å². The minimum Gasteiger partial charge on any atom is -0.354 e. The van der Waals surface area contributed by atoms with E-state index in [1.165, 1.54) is 18.3 Å². The minimum atomic E-state index is -4.52. The van der Waals surface area contributed by atoms with Crippen LogP contribution in [0.1, 0.15) is 35.5 Å². The lowest BCUT2D eigenvalue weighted by atomic mass is 10.1. The Morgan fingerprint density at radius 1 is 0.944 bits per heavy atom. The summed E-state index contributed by atoms with van der Waals surface area (Å²) in [6.07, 6.45) is -2.26. The summed E-state index contributed by atoms with van der Waals surface area (Å²) in [6, 6.07) is 10.3. The lowest BCUT2D eigenvalue weighted by Gasteiger charge is -2.38. The van der Waals surface area contributed by atoms with Gasteiger partial charge in [0.25, 0.3) is 0 Å². The Balaban J connectivity index is 1.39. The van der Waals surface area contributed by atoms with E-state index in [0.717, 1.165) is 59.4 Å². The molecular formula is C26H26F4N6. The molecule has 1 fully saturated rings. The number of alkyl halides is 3. The molecule has 1 aromatic carbocycles. The number of fused-ring (bicyclic) bond motifs is 1. The van der Waals surface area contributed by atoms with Crippen molar-refractivity contribution in [1.29, 1.82) is 0 Å². The van der Waals surface area contributed by atoms with E-state index >= 15 is 0 Å². The van der Waals surface area contributed by atoms with Crippen LogP contribution in [0, 0.1) is 19.7 Å². The van der Waals surface area contributed by atoms with Crippen molar-refractivity contribution < 1.29 is 17.6 Å². The van der Waals surface area contributed by atoms with Gasteiger partial charge in [0.2, 0.25) is 0 Å². The molecule has 0 amide bonds. The quantitative estimate of drug-likeness (QED) is 0.350. The van der Waals surface area contributed by atoms with Gasteiger partial charge in [-0.3, -0.25) is 9.30 Å². The van der Waals surface area contributed by atoms with Crippen LogP contribution in [0.15, 0.2) is 48.8 Å². The van der Waals surface area contributed by atoms with Gasteiger partial charge in [-0.25, -0.2) is 19.3 Å². The molecule has 0 bridgehead atoms. The Morgan fingerprint density at radius 2 is 1.64 bits per heavy atom. The number of imidazole rings is 1. The number of nitrogens with zero attached hydrogens (tertiary/aromatic N) is 6. The molecule has 0 spiro atoms. The Hall–Kier alpha value is -3.53. The van der Waals surface area contributed by atoms with Crippen LogP contribution in [-0.2, 0) is 6.18 Å². The van der Waals surface area contributed by atoms with E-state index in [4.69, 9.17) is 4.98 Å². The molecule has 0 aliphatic carbocycles. The average Bonchev–Trinajstić information content (AvgIpc) is 3.26. The summed E-state index contributed by atoms with van der Waals surface area (Å²) in [5.74, 6) is 0.879. The molecule has 10 heteroatoms. The van der Waals surface area contributed by atoms with Gasteiger partial charge < -0.3 is 4.90 Å². The molecule has 1 saturated heterocycles. The van der Waals surface area contributed by atoms with Crippen LogP contribution < -0.4 is 4.90 Å². The molecule has 0 radical (unpaired) electrons. The summed E-state index contributed by atoms with van der Waals surface area (Å²) in [6.45, 7) is 8.85. The van der Waals surface area contributed by atoms with Crippen LogP contribution in [0.4, 0.5) is 23.4 Å². The normalized spacial score (nSPS) is 16.0. The molecule has 6 nitrogen and oxygen atoms in total. The first-order chi connectivity index (χ1) is 17.1. The highest BCUT2D eigenvalue weighted by atomic mass is 19.4. The maximum atomic E-state index is 13.5. The molecule has 1 aliphatic rings. The fourth-order valence-corrected chi connectivity index (χ4v) is 4.69. The highest BCUT2D eigenvalue weighted by Gasteiger charge is 2.34. The molecule has 0 N–H and O–H groups in total. The van der Waals surface area contributed by atoms with Gasteiger partial charge in [0.1, 0.15) is 23.0 Å². The first kappa shape index (κ1) is 24.2. The van der Waals surface area contributed by atoms with E-state index in [0.29, 0.717) is 11.4 Å². The summed E-state index contributed by atoms with van der Waals surface area (Å²) in [4.78, 5) is 17.7. The molecule has 4 aromatic rings. The number of rotatable bonds is 4. The first-order valence-electron chi connectivity index (χ1n) is 11.8. The summed E-state index contributed by atoms with van der Waals surface area (Å²) in [5.41, 5.74) is 2.46. The van der Waals surface area contributed by atoms with E-state index in [1.807, 2.05) is 32.0 Å². The van der Waals surface area contributed by atoms with Crippen LogP contribution in [0.3, 0.4) is 0 Å². The van der Waals surface area contributed by atoms with Crippen molar-refractivity contribution in [2.75, 3.05) is 31.1 Å². The van der Waals surface area contributed by atoms with Crippen molar-refractivity contribution in [2.45, 2.75) is 33.0 Å². The maximum Gasteiger partial charge on any atom is 0.433 e. The summed E-state index contributed by atoms with van der Waals surface area (Å²) < 4.78 is 54.7. The highest BCUT2D eigenvalue weighted by molar-refractivity contribution is 5.65. The molecule has 1 atom stereocenters. The smallest absolute Gasteiger partial charge is 0.354 e. The van der Waals surface area contributed by atoms with Crippen LogP contribution in [0.2, 0.25) is 0 Å². The van der Waals surface area contributed by atoms with Crippen molar-refractivity contribution in [3.05, 3.63) is 77.1 Å². The van der Waals surface area contributed by atoms with E-state index < -0.39 is 11.9 Å². The Bertz CT molecular complexity index is 1390. The monoisotopic (exact) mass is 498 g/mol. The molecule has 1 unspecified atom stereocenters. The van der Waals surface area contributed by atoms with Gasteiger partial charge in [-0.15, -0.1) is 0 Å². The van der Waals surface area contributed by atoms with Gasteiger partial charge in [0.15, 0.2) is 5.82 Å². The highest BCUT2D eigenvalue weighted by Crippen LogP contribution is 2.32. The summed E-state index contributed by atoms with van der Waals surface area (Å²) >= 11 is 0. The number of aryl methyl sites for hydroxylation is 2. The van der Waals surface area contributed by atoms with Crippen molar-refractivity contribution in [3.8, 4) is 11.4 Å². The first-order valence-corrected chi connectivity index (χ1v) is 11.8. The molecule has 4 heterocycles. The van der Waals surface area contributed by atoms with Gasteiger partial charge in [-0.1, -0.05) is 12.1 Å². The third kappa shape index (κ3) is 4.65. The standard InChI is InChI=1S/C26H26F4N6/c1-16-12-23-31-14-22(26(28,29)30)36(23)15-21(16)25-32-17(2)13-24(33-25)35-10-8-34(9-11-35)18(3)19-4-6-20(27)7-5-19/h4-7,12-15,18H,8-11H2,1-3H3. The van der Waals surface area contributed by atoms with Crippen LogP contribution in [-0.4, -0.2) is 50.4 Å². The molecule has 188 valence electrons. The molecule has 3 aromatic heterocycles. The molecule has 1 aliphatic heterocycles. The maximum absolute atomic E-state index is 13.5. The van der Waals surface area contributed by atoms with Crippen molar-refractivity contribution >= 4 is 11.5 Å². The van der Waals surface area contributed by atoms with E-state index in [2.05, 4.69) is 26.7 Å². The molecule has 36 heavy (non-hydrogen) atoms. The second kappa shape index (κ2) is 9.16. The fourth-order valence-electron chi connectivity index (χ4n) is 4.69. The van der Waals surface area contributed by atoms with Crippen LogP contribution in [0.5, 0.6) is 0 Å². The third-order valence-electron chi connectivity index (χ3n) is 6.76. The van der Waals surface area contributed by atoms with Crippen molar-refractivity contribution in [2.24, 2.45) is 0 Å². The number of aromatic nitrogens is 4. The number of piperazine rings is 1. The zero-order valence-corrected chi connectivity index (χ0v) is 20.2. The van der Waals surface area contributed by atoms with Gasteiger partial charge in [0.05, 0.1) is 6.20 Å². The topological polar surface area (TPSA) is 49.6 Å². The average molecular weight is 499 g/mol. The predicted octanol–water partition coefficient (Wildman–Crippen LogP) is 5.45. The zero-order valence-electron chi connectivity index (χ0n) is 20.2. The van der Waals surface area contributed by atoms with Gasteiger partial charge in [-0.2, -0.15) is 13.2 Å². The molecular weight excluding hydrogens is 472 g/mol. The van der Waals surface area contributed by atoms with E-state index in [-0.39, 0.29) is 17.5 Å². The zero-order chi connectivity index (χ0) is 25.6. The van der Waals surface area contributed by atoms with Gasteiger partial charge >= 0.3 is 6.18 Å². The van der Waals surface area contributed by atoms with Crippen LogP contribution in [0.25, 0.3) is 17.0 Å². The van der Waals surface area contributed by atoms with E-state index in [1.54, 1.807) is 6.07 Å². The minimum absolute atomic E-state index is 0.155. The SMILES string of the molecule is Cc1cc(N2CCN(C(C)c3ccc(F)cc3)CC2)nc(-c2cn3c(C(F)(F)F)cnc3cc2C)n1. The fraction of sp³-hybridized carbons (Fsp3) is 0.346. The Labute approximate surface area is 206 Å². The number of hydrogen-bond acceptors (Lipinski definition) is 5. The number of anilines is 1. The Morgan fingerprint density at radius 3 is 2.31 bits per heavy atom. The van der Waals surface area contributed by atoms with Crippen LogP contribution >= 0.6 is 0 Å². The second-order valence-electron chi connectivity index (χ2n) is 9.18. The lowest BCUT2D eigenvalue weighted by molar-refractivity contribution is -0.141. The van der Waals surface area contributed by atoms with E-state index in [9.17, 15) is 17.6 Å². The number of hydrogen-bond donors (Lipinski definition) is 0. The Kier molecular flexibility index (Phi) is 6.15. The second-order valence-corrected chi connectivity index (χ2v) is 9.18.